The lowest BCUT2D eigenvalue weighted by Crippen LogP contribution is -2.37. The fourth-order valence-electron chi connectivity index (χ4n) is 3.44. The van der Waals surface area contributed by atoms with Crippen LogP contribution in [0, 0.1) is 0 Å². The van der Waals surface area contributed by atoms with Crippen LogP contribution in [0.2, 0.25) is 0 Å². The van der Waals surface area contributed by atoms with Gasteiger partial charge in [0.05, 0.1) is 19.0 Å². The zero-order valence-corrected chi connectivity index (χ0v) is 16.2. The van der Waals surface area contributed by atoms with E-state index in [0.717, 1.165) is 6.42 Å². The normalized spacial score (nSPS) is 28.0. The van der Waals surface area contributed by atoms with E-state index in [2.05, 4.69) is 20.3 Å². The van der Waals surface area contributed by atoms with Crippen molar-refractivity contribution >= 4 is 29.0 Å². The number of fused-ring (bicyclic) bond motifs is 1. The maximum Gasteiger partial charge on any atom is 0.407 e. The molecule has 2 aliphatic heterocycles. The van der Waals surface area contributed by atoms with Gasteiger partial charge in [-0.2, -0.15) is 0 Å². The first-order valence-corrected chi connectivity index (χ1v) is 9.60. The van der Waals surface area contributed by atoms with Crippen molar-refractivity contribution in [3.63, 3.8) is 0 Å². The van der Waals surface area contributed by atoms with Crippen molar-refractivity contribution in [3.8, 4) is 0 Å². The standard InChI is InChI=1S/C17H22N6O8/c24-10(25)3-18-17(28)30-5-9-12(26)13(27)16(31-9)23-7-21-11-14(19-6-20-15(11)23)22-8-1-2-29-4-8/h6-9,12-13,16,26-27H,1-5H2,(H,18,28)(H,24,25)(H,19,20,22)/t8-,9?,12?,13?,16?/m1/s1. The zero-order chi connectivity index (χ0) is 22.0. The lowest BCUT2D eigenvalue weighted by Gasteiger charge is -2.17. The number of carboxylic acid groups (broad SMARTS) is 1. The Bertz CT molecular complexity index is 948. The Morgan fingerprint density at radius 1 is 1.26 bits per heavy atom. The number of aliphatic hydroxyl groups is 2. The van der Waals surface area contributed by atoms with Crippen molar-refractivity contribution < 1.29 is 39.1 Å². The molecule has 5 atom stereocenters. The van der Waals surface area contributed by atoms with Gasteiger partial charge in [0.2, 0.25) is 0 Å². The molecule has 2 saturated heterocycles. The van der Waals surface area contributed by atoms with Crippen molar-refractivity contribution in [1.29, 1.82) is 0 Å². The molecule has 5 N–H and O–H groups in total. The lowest BCUT2D eigenvalue weighted by atomic mass is 10.1. The molecule has 2 aliphatic rings. The molecule has 0 spiro atoms. The Balaban J connectivity index is 1.45. The van der Waals surface area contributed by atoms with E-state index in [1.807, 2.05) is 5.32 Å². The predicted molar refractivity (Wildman–Crippen MR) is 101 cm³/mol. The molecular weight excluding hydrogens is 416 g/mol. The first kappa shape index (κ1) is 21.2. The molecule has 2 aromatic rings. The Hall–Kier alpha value is -3.07. The van der Waals surface area contributed by atoms with Crippen molar-refractivity contribution in [2.45, 2.75) is 37.0 Å². The summed E-state index contributed by atoms with van der Waals surface area (Å²) in [5.74, 6) is -0.713. The number of carboxylic acids is 1. The Morgan fingerprint density at radius 3 is 2.84 bits per heavy atom. The Labute approximate surface area is 175 Å². The van der Waals surface area contributed by atoms with Gasteiger partial charge in [0.1, 0.15) is 37.8 Å². The van der Waals surface area contributed by atoms with Gasteiger partial charge in [-0.15, -0.1) is 0 Å². The summed E-state index contributed by atoms with van der Waals surface area (Å²) in [4.78, 5) is 34.7. The van der Waals surface area contributed by atoms with E-state index in [0.29, 0.717) is 30.2 Å². The number of nitrogens with one attached hydrogen (secondary N) is 2. The van der Waals surface area contributed by atoms with Crippen LogP contribution in [0.25, 0.3) is 11.2 Å². The summed E-state index contributed by atoms with van der Waals surface area (Å²) in [6.07, 6.45) is -2.15. The molecule has 168 valence electrons. The highest BCUT2D eigenvalue weighted by molar-refractivity contribution is 5.82. The van der Waals surface area contributed by atoms with Crippen LogP contribution in [0.1, 0.15) is 12.6 Å². The fraction of sp³-hybridized carbons (Fsp3) is 0.588. The number of aliphatic carboxylic acids is 1. The smallest absolute Gasteiger partial charge is 0.407 e. The third-order valence-corrected chi connectivity index (χ3v) is 5.00. The van der Waals surface area contributed by atoms with E-state index >= 15 is 0 Å². The van der Waals surface area contributed by atoms with Crippen LogP contribution in [0.4, 0.5) is 10.6 Å². The van der Waals surface area contributed by atoms with Gasteiger partial charge in [0.25, 0.3) is 0 Å². The maximum atomic E-state index is 11.5. The summed E-state index contributed by atoms with van der Waals surface area (Å²) in [7, 11) is 0. The molecular formula is C17H22N6O8. The number of amides is 1. The van der Waals surface area contributed by atoms with Gasteiger partial charge >= 0.3 is 12.1 Å². The molecule has 0 bridgehead atoms. The Morgan fingerprint density at radius 2 is 2.10 bits per heavy atom. The highest BCUT2D eigenvalue weighted by Gasteiger charge is 2.45. The number of imidazole rings is 1. The fourth-order valence-corrected chi connectivity index (χ4v) is 3.44. The van der Waals surface area contributed by atoms with Crippen LogP contribution in [-0.2, 0) is 19.0 Å². The molecule has 1 amide bonds. The number of carbonyl (C=O) groups excluding carboxylic acids is 1. The molecule has 2 aromatic heterocycles. The highest BCUT2D eigenvalue weighted by atomic mass is 16.6. The molecule has 14 nitrogen and oxygen atoms in total. The summed E-state index contributed by atoms with van der Waals surface area (Å²) in [6.45, 7) is 0.223. The van der Waals surface area contributed by atoms with E-state index in [-0.39, 0.29) is 6.04 Å². The number of carbonyl (C=O) groups is 2. The number of rotatable bonds is 7. The second-order valence-electron chi connectivity index (χ2n) is 7.14. The van der Waals surface area contributed by atoms with E-state index in [4.69, 9.17) is 19.3 Å². The molecule has 4 unspecified atom stereocenters. The number of hydrogen-bond acceptors (Lipinski definition) is 11. The highest BCUT2D eigenvalue weighted by Crippen LogP contribution is 2.32. The van der Waals surface area contributed by atoms with E-state index in [9.17, 15) is 19.8 Å². The molecule has 0 saturated carbocycles. The first-order chi connectivity index (χ1) is 14.9. The van der Waals surface area contributed by atoms with E-state index in [1.165, 1.54) is 17.2 Å². The van der Waals surface area contributed by atoms with Crippen molar-refractivity contribution in [2.24, 2.45) is 0 Å². The van der Waals surface area contributed by atoms with Gasteiger partial charge in [-0.05, 0) is 6.42 Å². The summed E-state index contributed by atoms with van der Waals surface area (Å²) in [5.41, 5.74) is 0.848. The minimum Gasteiger partial charge on any atom is -0.480 e. The molecule has 4 heterocycles. The average Bonchev–Trinajstić information content (AvgIpc) is 3.47. The summed E-state index contributed by atoms with van der Waals surface area (Å²) < 4.78 is 17.4. The number of nitrogens with zero attached hydrogens (tertiary/aromatic N) is 4. The number of ether oxygens (including phenoxy) is 3. The van der Waals surface area contributed by atoms with Crippen LogP contribution in [-0.4, -0.2) is 97.6 Å². The maximum absolute atomic E-state index is 11.5. The zero-order valence-electron chi connectivity index (χ0n) is 16.2. The molecule has 4 rings (SSSR count). The SMILES string of the molecule is O=C(O)CNC(=O)OCC1OC(n2cnc3c(N[C@@H]4CCOC4)ncnc32)C(O)C1O. The van der Waals surface area contributed by atoms with Crippen LogP contribution in [0.3, 0.4) is 0 Å². The van der Waals surface area contributed by atoms with Gasteiger partial charge in [-0.3, -0.25) is 9.36 Å². The molecule has 2 fully saturated rings. The number of alkyl carbamates (subject to hydrolysis) is 1. The number of anilines is 1. The number of aliphatic hydroxyl groups excluding tert-OH is 2. The van der Waals surface area contributed by atoms with Crippen LogP contribution < -0.4 is 10.6 Å². The minimum absolute atomic E-state index is 0.104. The molecule has 31 heavy (non-hydrogen) atoms. The van der Waals surface area contributed by atoms with Gasteiger partial charge in [-0.1, -0.05) is 0 Å². The minimum atomic E-state index is -1.36. The van der Waals surface area contributed by atoms with E-state index in [1.54, 1.807) is 0 Å². The van der Waals surface area contributed by atoms with Crippen molar-refractivity contribution in [2.75, 3.05) is 31.7 Å². The lowest BCUT2D eigenvalue weighted by molar-refractivity contribution is -0.135. The van der Waals surface area contributed by atoms with Gasteiger partial charge in [-0.25, -0.2) is 19.7 Å². The second-order valence-corrected chi connectivity index (χ2v) is 7.14. The first-order valence-electron chi connectivity index (χ1n) is 9.60. The van der Waals surface area contributed by atoms with Gasteiger partial charge in [0.15, 0.2) is 23.2 Å². The van der Waals surface area contributed by atoms with Gasteiger partial charge < -0.3 is 40.2 Å². The third-order valence-electron chi connectivity index (χ3n) is 5.00. The monoisotopic (exact) mass is 438 g/mol. The topological polar surface area (TPSA) is 190 Å². The second kappa shape index (κ2) is 8.97. The molecule has 0 radical (unpaired) electrons. The van der Waals surface area contributed by atoms with E-state index < -0.39 is 49.8 Å². The number of hydrogen-bond donors (Lipinski definition) is 5. The van der Waals surface area contributed by atoms with Crippen LogP contribution in [0.5, 0.6) is 0 Å². The summed E-state index contributed by atoms with van der Waals surface area (Å²) in [5, 5.41) is 34.6. The molecule has 14 heteroatoms. The van der Waals surface area contributed by atoms with Crippen molar-refractivity contribution in [3.05, 3.63) is 12.7 Å². The third kappa shape index (κ3) is 4.51. The summed E-state index contributed by atoms with van der Waals surface area (Å²) in [6, 6.07) is 0.104. The largest absolute Gasteiger partial charge is 0.480 e. The number of aromatic nitrogens is 4. The Kier molecular flexibility index (Phi) is 6.13. The van der Waals surface area contributed by atoms with Gasteiger partial charge in [0, 0.05) is 6.61 Å². The quantitative estimate of drug-likeness (QED) is 0.335. The molecule has 0 aromatic carbocycles. The van der Waals surface area contributed by atoms with Crippen LogP contribution in [0.15, 0.2) is 12.7 Å². The average molecular weight is 438 g/mol. The van der Waals surface area contributed by atoms with Crippen molar-refractivity contribution in [1.82, 2.24) is 24.8 Å². The summed E-state index contributed by atoms with van der Waals surface area (Å²) >= 11 is 0. The molecule has 0 aliphatic carbocycles. The predicted octanol–water partition coefficient (Wildman–Crippen LogP) is -1.54. The van der Waals surface area contributed by atoms with Crippen LogP contribution >= 0.6 is 0 Å².